The molecule has 0 amide bonds. The zero-order valence-electron chi connectivity index (χ0n) is 7.27. The molecule has 0 spiro atoms. The number of oxime groups is 1. The van der Waals surface area contributed by atoms with Gasteiger partial charge in [0.2, 0.25) is 0 Å². The molecule has 0 N–H and O–H groups in total. The third-order valence-corrected chi connectivity index (χ3v) is 1.18. The molecule has 3 heteroatoms. The third-order valence-electron chi connectivity index (χ3n) is 1.18. The quantitative estimate of drug-likeness (QED) is 0.504. The van der Waals surface area contributed by atoms with Crippen molar-refractivity contribution in [2.24, 2.45) is 5.16 Å². The Labute approximate surface area is 72.1 Å². The normalized spacial score (nSPS) is 10.9. The molecule has 0 atom stereocenters. The maximum absolute atomic E-state index is 4.99. The van der Waals surface area contributed by atoms with E-state index in [1.54, 1.807) is 18.6 Å². The zero-order chi connectivity index (χ0) is 8.81. The van der Waals surface area contributed by atoms with E-state index in [-0.39, 0.29) is 6.10 Å². The summed E-state index contributed by atoms with van der Waals surface area (Å²) in [6, 6.07) is 3.74. The van der Waals surface area contributed by atoms with Crippen molar-refractivity contribution in [2.75, 3.05) is 0 Å². The molecule has 3 nitrogen and oxygen atoms in total. The van der Waals surface area contributed by atoms with Gasteiger partial charge in [-0.05, 0) is 31.5 Å². The van der Waals surface area contributed by atoms with Crippen LogP contribution in [0.2, 0.25) is 0 Å². The molecule has 0 saturated carbocycles. The van der Waals surface area contributed by atoms with Gasteiger partial charge in [-0.25, -0.2) is 0 Å². The first-order chi connectivity index (χ1) is 5.79. The number of rotatable bonds is 3. The minimum absolute atomic E-state index is 0.128. The van der Waals surface area contributed by atoms with Crippen molar-refractivity contribution in [1.29, 1.82) is 0 Å². The lowest BCUT2D eigenvalue weighted by atomic mass is 10.3. The summed E-state index contributed by atoms with van der Waals surface area (Å²) in [5.41, 5.74) is 0.991. The molecule has 12 heavy (non-hydrogen) atoms. The van der Waals surface area contributed by atoms with E-state index in [1.807, 2.05) is 26.0 Å². The third kappa shape index (κ3) is 3.14. The van der Waals surface area contributed by atoms with Gasteiger partial charge in [-0.2, -0.15) is 0 Å². The summed E-state index contributed by atoms with van der Waals surface area (Å²) in [5, 5.41) is 3.79. The number of aromatic nitrogens is 1. The highest BCUT2D eigenvalue weighted by molar-refractivity contribution is 5.78. The van der Waals surface area contributed by atoms with E-state index >= 15 is 0 Å². The molecule has 0 radical (unpaired) electrons. The van der Waals surface area contributed by atoms with Crippen molar-refractivity contribution in [2.45, 2.75) is 20.0 Å². The molecule has 0 saturated heterocycles. The van der Waals surface area contributed by atoms with Crippen LogP contribution in [0, 0.1) is 0 Å². The monoisotopic (exact) mass is 164 g/mol. The van der Waals surface area contributed by atoms with Crippen LogP contribution in [0.4, 0.5) is 0 Å². The lowest BCUT2D eigenvalue weighted by molar-refractivity contribution is 0.0874. The van der Waals surface area contributed by atoms with Gasteiger partial charge in [0.15, 0.2) is 0 Å². The average molecular weight is 164 g/mol. The maximum atomic E-state index is 4.99. The van der Waals surface area contributed by atoms with Gasteiger partial charge < -0.3 is 4.84 Å². The fourth-order valence-electron chi connectivity index (χ4n) is 0.663. The Hall–Kier alpha value is -1.38. The van der Waals surface area contributed by atoms with Gasteiger partial charge in [0.05, 0.1) is 6.21 Å². The van der Waals surface area contributed by atoms with Crippen molar-refractivity contribution in [3.05, 3.63) is 30.1 Å². The van der Waals surface area contributed by atoms with Gasteiger partial charge in [-0.3, -0.25) is 4.98 Å². The minimum atomic E-state index is 0.128. The lowest BCUT2D eigenvalue weighted by Crippen LogP contribution is -1.95. The zero-order valence-corrected chi connectivity index (χ0v) is 7.27. The van der Waals surface area contributed by atoms with E-state index in [9.17, 15) is 0 Å². The first-order valence-corrected chi connectivity index (χ1v) is 3.88. The van der Waals surface area contributed by atoms with Crippen LogP contribution >= 0.6 is 0 Å². The summed E-state index contributed by atoms with van der Waals surface area (Å²) < 4.78 is 0. The second-order valence-electron chi connectivity index (χ2n) is 2.67. The van der Waals surface area contributed by atoms with Crippen LogP contribution < -0.4 is 0 Å². The van der Waals surface area contributed by atoms with Crippen molar-refractivity contribution in [3.63, 3.8) is 0 Å². The molecule has 1 aromatic heterocycles. The molecular formula is C9H12N2O. The van der Waals surface area contributed by atoms with Crippen LogP contribution in [0.3, 0.4) is 0 Å². The smallest absolute Gasteiger partial charge is 0.122 e. The highest BCUT2D eigenvalue weighted by Crippen LogP contribution is 1.93. The fourth-order valence-corrected chi connectivity index (χ4v) is 0.663. The molecule has 64 valence electrons. The summed E-state index contributed by atoms with van der Waals surface area (Å²) in [5.74, 6) is 0. The predicted molar refractivity (Wildman–Crippen MR) is 48.1 cm³/mol. The molecule has 1 heterocycles. The van der Waals surface area contributed by atoms with E-state index in [0.717, 1.165) is 5.56 Å². The molecule has 0 fully saturated rings. The standard InChI is InChI=1S/C9H12N2O/c1-8(2)12-11-7-9-3-5-10-6-4-9/h3-8H,1-2H3/b11-7+. The Kier molecular flexibility index (Phi) is 3.26. The maximum Gasteiger partial charge on any atom is 0.122 e. The van der Waals surface area contributed by atoms with Gasteiger partial charge in [0.25, 0.3) is 0 Å². The van der Waals surface area contributed by atoms with Crippen LogP contribution in [0.25, 0.3) is 0 Å². The number of hydrogen-bond donors (Lipinski definition) is 0. The van der Waals surface area contributed by atoms with Crippen LogP contribution in [-0.4, -0.2) is 17.3 Å². The predicted octanol–water partition coefficient (Wildman–Crippen LogP) is 1.84. The van der Waals surface area contributed by atoms with Gasteiger partial charge >= 0.3 is 0 Å². The first kappa shape index (κ1) is 8.71. The second kappa shape index (κ2) is 4.49. The van der Waals surface area contributed by atoms with E-state index in [4.69, 9.17) is 4.84 Å². The molecule has 0 bridgehead atoms. The van der Waals surface area contributed by atoms with E-state index in [0.29, 0.717) is 0 Å². The molecular weight excluding hydrogens is 152 g/mol. The summed E-state index contributed by atoms with van der Waals surface area (Å²) in [7, 11) is 0. The topological polar surface area (TPSA) is 34.5 Å². The van der Waals surface area contributed by atoms with Crippen molar-refractivity contribution >= 4 is 6.21 Å². The molecule has 1 aromatic rings. The van der Waals surface area contributed by atoms with Crippen molar-refractivity contribution in [1.82, 2.24) is 4.98 Å². The summed E-state index contributed by atoms with van der Waals surface area (Å²) >= 11 is 0. The van der Waals surface area contributed by atoms with Crippen LogP contribution in [0.15, 0.2) is 29.7 Å². The summed E-state index contributed by atoms with van der Waals surface area (Å²) in [4.78, 5) is 8.88. The molecule has 0 aliphatic carbocycles. The van der Waals surface area contributed by atoms with Crippen LogP contribution in [0.5, 0.6) is 0 Å². The summed E-state index contributed by atoms with van der Waals surface area (Å²) in [6.07, 6.45) is 5.23. The van der Waals surface area contributed by atoms with Gasteiger partial charge in [-0.1, -0.05) is 5.16 Å². The summed E-state index contributed by atoms with van der Waals surface area (Å²) in [6.45, 7) is 3.87. The highest BCUT2D eigenvalue weighted by atomic mass is 16.6. The molecule has 0 aromatic carbocycles. The molecule has 0 aliphatic rings. The van der Waals surface area contributed by atoms with E-state index < -0.39 is 0 Å². The van der Waals surface area contributed by atoms with Gasteiger partial charge in [0.1, 0.15) is 6.10 Å². The second-order valence-corrected chi connectivity index (χ2v) is 2.67. The SMILES string of the molecule is CC(C)O/N=C/c1ccncc1. The molecule has 0 unspecified atom stereocenters. The minimum Gasteiger partial charge on any atom is -0.393 e. The number of pyridine rings is 1. The number of nitrogens with zero attached hydrogens (tertiary/aromatic N) is 2. The van der Waals surface area contributed by atoms with Gasteiger partial charge in [0, 0.05) is 12.4 Å². The highest BCUT2D eigenvalue weighted by Gasteiger charge is 1.88. The Balaban J connectivity index is 2.47. The van der Waals surface area contributed by atoms with Crippen molar-refractivity contribution in [3.8, 4) is 0 Å². The Morgan fingerprint density at radius 2 is 2.08 bits per heavy atom. The van der Waals surface area contributed by atoms with Crippen LogP contribution in [0.1, 0.15) is 19.4 Å². The molecule has 1 rings (SSSR count). The van der Waals surface area contributed by atoms with Crippen LogP contribution in [-0.2, 0) is 4.84 Å². The number of hydrogen-bond acceptors (Lipinski definition) is 3. The van der Waals surface area contributed by atoms with Gasteiger partial charge in [-0.15, -0.1) is 0 Å². The Morgan fingerprint density at radius 1 is 1.42 bits per heavy atom. The lowest BCUT2D eigenvalue weighted by Gasteiger charge is -1.99. The molecule has 0 aliphatic heterocycles. The fraction of sp³-hybridized carbons (Fsp3) is 0.333. The largest absolute Gasteiger partial charge is 0.393 e. The van der Waals surface area contributed by atoms with E-state index in [2.05, 4.69) is 10.1 Å². The first-order valence-electron chi connectivity index (χ1n) is 3.88. The Morgan fingerprint density at radius 3 is 2.67 bits per heavy atom. The van der Waals surface area contributed by atoms with E-state index in [1.165, 1.54) is 0 Å². The average Bonchev–Trinajstić information content (AvgIpc) is 2.05. The Bertz CT molecular complexity index is 244. The van der Waals surface area contributed by atoms with Crippen molar-refractivity contribution < 1.29 is 4.84 Å².